The van der Waals surface area contributed by atoms with Crippen LogP contribution in [0.1, 0.15) is 50.0 Å². The van der Waals surface area contributed by atoms with E-state index in [0.717, 1.165) is 5.76 Å². The first kappa shape index (κ1) is 23.9. The van der Waals surface area contributed by atoms with E-state index >= 15 is 0 Å². The summed E-state index contributed by atoms with van der Waals surface area (Å²) in [6.45, 7) is 3.45. The van der Waals surface area contributed by atoms with Crippen molar-refractivity contribution in [3.05, 3.63) is 35.0 Å². The van der Waals surface area contributed by atoms with E-state index in [1.54, 1.807) is 19.9 Å². The highest BCUT2D eigenvalue weighted by Gasteiger charge is 2.09. The number of nitrogens with zero attached hydrogens (tertiary/aromatic N) is 2. The van der Waals surface area contributed by atoms with Crippen molar-refractivity contribution in [3.8, 4) is 0 Å². The molecule has 0 aliphatic rings. The molecule has 0 saturated heterocycles. The van der Waals surface area contributed by atoms with Crippen molar-refractivity contribution in [3.63, 3.8) is 0 Å². The molecular weight excluding hydrogens is 276 g/mol. The maximum atomic E-state index is 10.7. The van der Waals surface area contributed by atoms with E-state index in [9.17, 15) is 4.79 Å². The molecule has 7 nitrogen and oxygen atoms in total. The minimum atomic E-state index is -0.475. The Hall–Kier alpha value is -2.15. The van der Waals surface area contributed by atoms with Gasteiger partial charge >= 0.3 is 5.97 Å². The fourth-order valence-electron chi connectivity index (χ4n) is 1.06. The number of ether oxygens (including phenoxy) is 1. The number of hydrogen-bond donors (Lipinski definition) is 1. The molecule has 1 N–H and O–H groups in total. The maximum Gasteiger partial charge on any atom is 0.360 e. The van der Waals surface area contributed by atoms with Gasteiger partial charge in [0.15, 0.2) is 5.69 Å². The number of esters is 1. The van der Waals surface area contributed by atoms with Crippen LogP contribution in [-0.2, 0) is 11.3 Å². The Balaban J connectivity index is -0.000000274. The number of carbonyl (C=O) groups excluding carboxylic acids is 1. The lowest BCUT2D eigenvalue weighted by Gasteiger charge is -1.88. The number of aliphatic hydroxyl groups excluding tert-OH is 1. The predicted octanol–water partition coefficient (Wildman–Crippen LogP) is 3.15. The van der Waals surface area contributed by atoms with Crippen LogP contribution in [0.25, 0.3) is 0 Å². The van der Waals surface area contributed by atoms with Gasteiger partial charge in [-0.3, -0.25) is 0 Å². The summed E-state index contributed by atoms with van der Waals surface area (Å²) < 4.78 is 13.7. The third-order valence-corrected chi connectivity index (χ3v) is 1.86. The van der Waals surface area contributed by atoms with Crippen molar-refractivity contribution in [1.29, 1.82) is 0 Å². The van der Waals surface area contributed by atoms with E-state index < -0.39 is 5.97 Å². The van der Waals surface area contributed by atoms with Crippen LogP contribution in [0.4, 0.5) is 0 Å². The molecule has 2 aromatic rings. The van der Waals surface area contributed by atoms with Crippen molar-refractivity contribution < 1.29 is 23.7 Å². The minimum absolute atomic E-state index is 0. The normalized spacial score (nSPS) is 8.19. The van der Waals surface area contributed by atoms with Crippen LogP contribution < -0.4 is 0 Å². The van der Waals surface area contributed by atoms with Gasteiger partial charge in [0.1, 0.15) is 17.2 Å². The number of rotatable bonds is 2. The zero-order valence-electron chi connectivity index (χ0n) is 10.3. The Kier molecular flexibility index (Phi) is 13.3. The van der Waals surface area contributed by atoms with Crippen LogP contribution in [0.2, 0.25) is 0 Å². The zero-order chi connectivity index (χ0) is 13.5. The van der Waals surface area contributed by atoms with E-state index in [4.69, 9.17) is 5.11 Å². The highest BCUT2D eigenvalue weighted by atomic mass is 16.5. The van der Waals surface area contributed by atoms with E-state index in [1.165, 1.54) is 13.2 Å². The van der Waals surface area contributed by atoms with Crippen LogP contribution in [0.5, 0.6) is 0 Å². The summed E-state index contributed by atoms with van der Waals surface area (Å²) in [4.78, 5) is 10.7. The molecular formula is C14H26N2O5. The molecule has 2 aromatic heterocycles. The van der Waals surface area contributed by atoms with E-state index in [0.29, 0.717) is 11.5 Å². The van der Waals surface area contributed by atoms with Gasteiger partial charge in [0.25, 0.3) is 0 Å². The van der Waals surface area contributed by atoms with Crippen LogP contribution in [0, 0.1) is 13.8 Å². The number of hydrogen-bond acceptors (Lipinski definition) is 7. The summed E-state index contributed by atoms with van der Waals surface area (Å²) in [5.74, 6) is 0.853. The van der Waals surface area contributed by atoms with Gasteiger partial charge in [-0.25, -0.2) is 4.79 Å². The lowest BCUT2D eigenvalue weighted by Crippen LogP contribution is -2.00. The quantitative estimate of drug-likeness (QED) is 0.850. The molecule has 0 atom stereocenters. The Morgan fingerprint density at radius 1 is 1.14 bits per heavy atom. The summed E-state index contributed by atoms with van der Waals surface area (Å²) in [6, 6.07) is 3.21. The highest BCUT2D eigenvalue weighted by molar-refractivity contribution is 5.86. The molecule has 122 valence electrons. The summed E-state index contributed by atoms with van der Waals surface area (Å²) in [6.07, 6.45) is 0. The molecule has 0 aliphatic carbocycles. The summed E-state index contributed by atoms with van der Waals surface area (Å²) in [7, 11) is 1.30. The summed E-state index contributed by atoms with van der Waals surface area (Å²) in [5, 5.41) is 15.4. The van der Waals surface area contributed by atoms with E-state index in [2.05, 4.69) is 24.1 Å². The fraction of sp³-hybridized carbons (Fsp3) is 0.500. The zero-order valence-corrected chi connectivity index (χ0v) is 10.3. The van der Waals surface area contributed by atoms with Gasteiger partial charge < -0.3 is 18.9 Å². The first-order valence-electron chi connectivity index (χ1n) is 5.11. The van der Waals surface area contributed by atoms with Gasteiger partial charge in [0, 0.05) is 12.1 Å². The van der Waals surface area contributed by atoms with Crippen LogP contribution in [0.15, 0.2) is 21.2 Å². The van der Waals surface area contributed by atoms with Crippen LogP contribution >= 0.6 is 0 Å². The first-order valence-corrected chi connectivity index (χ1v) is 5.11. The second-order valence-electron chi connectivity index (χ2n) is 3.40. The fourth-order valence-corrected chi connectivity index (χ4v) is 1.06. The lowest BCUT2D eigenvalue weighted by atomic mass is 10.4. The smallest absolute Gasteiger partial charge is 0.360 e. The molecule has 0 amide bonds. The molecule has 0 unspecified atom stereocenters. The number of aliphatic hydroxyl groups is 1. The molecule has 2 heterocycles. The van der Waals surface area contributed by atoms with Crippen molar-refractivity contribution in [2.45, 2.75) is 42.7 Å². The molecule has 0 fully saturated rings. The van der Waals surface area contributed by atoms with Gasteiger partial charge in [-0.15, -0.1) is 0 Å². The molecule has 0 aromatic carbocycles. The molecule has 0 saturated carbocycles. The van der Waals surface area contributed by atoms with Crippen LogP contribution in [0.3, 0.4) is 0 Å². The van der Waals surface area contributed by atoms with Crippen molar-refractivity contribution in [1.82, 2.24) is 10.3 Å². The standard InChI is InChI=1S/C6H7NO3.C5H7NO2.3CH4/c1-4-3-5(7-10-4)6(8)9-2;1-4-2-5(3-7)6-8-4;;;/h3H,1-2H3;2,7H,3H2,1H3;3*1H4. The summed E-state index contributed by atoms with van der Waals surface area (Å²) in [5.41, 5.74) is 0.794. The molecule has 0 radical (unpaired) electrons. The molecule has 0 aliphatic heterocycles. The van der Waals surface area contributed by atoms with Crippen molar-refractivity contribution >= 4 is 5.97 Å². The molecule has 0 bridgehead atoms. The van der Waals surface area contributed by atoms with Gasteiger partial charge in [-0.05, 0) is 13.8 Å². The number of methoxy groups -OCH3 is 1. The summed E-state index contributed by atoms with van der Waals surface area (Å²) >= 11 is 0. The van der Waals surface area contributed by atoms with E-state index in [1.807, 2.05) is 0 Å². The molecule has 21 heavy (non-hydrogen) atoms. The maximum absolute atomic E-state index is 10.7. The number of carbonyl (C=O) groups is 1. The van der Waals surface area contributed by atoms with E-state index in [-0.39, 0.29) is 34.6 Å². The second kappa shape index (κ2) is 11.7. The largest absolute Gasteiger partial charge is 0.464 e. The highest BCUT2D eigenvalue weighted by Crippen LogP contribution is 2.01. The Morgan fingerprint density at radius 2 is 1.67 bits per heavy atom. The second-order valence-corrected chi connectivity index (χ2v) is 3.40. The first-order chi connectivity index (χ1) is 8.56. The van der Waals surface area contributed by atoms with Gasteiger partial charge in [0.05, 0.1) is 13.7 Å². The lowest BCUT2D eigenvalue weighted by molar-refractivity contribution is 0.0589. The van der Waals surface area contributed by atoms with Gasteiger partial charge in [-0.2, -0.15) is 0 Å². The third kappa shape index (κ3) is 7.88. The number of aryl methyl sites for hydroxylation is 2. The Labute approximate surface area is 125 Å². The monoisotopic (exact) mass is 302 g/mol. The number of aromatic nitrogens is 2. The Morgan fingerprint density at radius 3 is 1.95 bits per heavy atom. The molecule has 0 spiro atoms. The average molecular weight is 302 g/mol. The minimum Gasteiger partial charge on any atom is -0.464 e. The topological polar surface area (TPSA) is 98.6 Å². The van der Waals surface area contributed by atoms with Crippen molar-refractivity contribution in [2.24, 2.45) is 0 Å². The molecule has 2 rings (SSSR count). The van der Waals surface area contributed by atoms with Gasteiger partial charge in [0.2, 0.25) is 0 Å². The average Bonchev–Trinajstić information content (AvgIpc) is 2.97. The third-order valence-electron chi connectivity index (χ3n) is 1.86. The Bertz CT molecular complexity index is 505. The van der Waals surface area contributed by atoms with Gasteiger partial charge in [-0.1, -0.05) is 32.6 Å². The van der Waals surface area contributed by atoms with Crippen LogP contribution in [-0.4, -0.2) is 28.5 Å². The SMILES string of the molecule is C.C.C.COC(=O)c1cc(C)on1.Cc1cc(CO)no1. The van der Waals surface area contributed by atoms with Crippen molar-refractivity contribution in [2.75, 3.05) is 7.11 Å². The predicted molar refractivity (Wildman–Crippen MR) is 79.9 cm³/mol. The molecule has 7 heteroatoms.